The standard InChI is InChI=1S/C20H20N4O4S2/c1-12(25)21-10-13-6-7-17(30-13)14-11-29-20(22-14)23-18(26)15-4-2-8-24(15)19(27)16-5-3-9-28-16/h3,5-7,9,11,15H,2,4,8,10H2,1H3,(H,21,25)(H,22,23,26). The van der Waals surface area contributed by atoms with Crippen molar-refractivity contribution in [3.05, 3.63) is 46.5 Å². The number of carbonyl (C=O) groups is 3. The van der Waals surface area contributed by atoms with Gasteiger partial charge in [0, 0.05) is 23.7 Å². The minimum Gasteiger partial charge on any atom is -0.459 e. The molecule has 1 atom stereocenters. The molecule has 0 aliphatic carbocycles. The van der Waals surface area contributed by atoms with Crippen LogP contribution in [0, 0.1) is 0 Å². The summed E-state index contributed by atoms with van der Waals surface area (Å²) in [4.78, 5) is 44.5. The van der Waals surface area contributed by atoms with Crippen molar-refractivity contribution in [1.82, 2.24) is 15.2 Å². The smallest absolute Gasteiger partial charge is 0.290 e. The predicted molar refractivity (Wildman–Crippen MR) is 114 cm³/mol. The van der Waals surface area contributed by atoms with Crippen LogP contribution in [-0.2, 0) is 16.1 Å². The number of thiazole rings is 1. The molecular weight excluding hydrogens is 424 g/mol. The molecule has 0 aromatic carbocycles. The maximum absolute atomic E-state index is 12.8. The lowest BCUT2D eigenvalue weighted by Gasteiger charge is -2.22. The van der Waals surface area contributed by atoms with Gasteiger partial charge >= 0.3 is 0 Å². The highest BCUT2D eigenvalue weighted by Gasteiger charge is 2.35. The molecule has 3 amide bonds. The Hall–Kier alpha value is -2.98. The summed E-state index contributed by atoms with van der Waals surface area (Å²) in [6.45, 7) is 2.49. The Labute approximate surface area is 180 Å². The number of carbonyl (C=O) groups excluding carboxylic acids is 3. The van der Waals surface area contributed by atoms with Gasteiger partial charge in [-0.2, -0.15) is 0 Å². The third-order valence-electron chi connectivity index (χ3n) is 4.71. The highest BCUT2D eigenvalue weighted by Crippen LogP contribution is 2.31. The van der Waals surface area contributed by atoms with Gasteiger partial charge in [-0.25, -0.2) is 4.98 Å². The molecule has 3 aromatic heterocycles. The Morgan fingerprint density at radius 3 is 2.93 bits per heavy atom. The van der Waals surface area contributed by atoms with E-state index < -0.39 is 6.04 Å². The zero-order valence-corrected chi connectivity index (χ0v) is 17.8. The molecule has 1 saturated heterocycles. The number of nitrogens with zero attached hydrogens (tertiary/aromatic N) is 2. The Morgan fingerprint density at radius 1 is 1.30 bits per heavy atom. The first-order chi connectivity index (χ1) is 14.5. The topological polar surface area (TPSA) is 105 Å². The molecule has 1 aliphatic rings. The molecule has 0 saturated carbocycles. The van der Waals surface area contributed by atoms with Gasteiger partial charge in [0.2, 0.25) is 11.8 Å². The van der Waals surface area contributed by atoms with Gasteiger partial charge in [-0.05, 0) is 37.1 Å². The molecule has 2 N–H and O–H groups in total. The highest BCUT2D eigenvalue weighted by atomic mass is 32.1. The Kier molecular flexibility index (Phi) is 5.96. The molecule has 3 aromatic rings. The van der Waals surface area contributed by atoms with Crippen LogP contribution < -0.4 is 10.6 Å². The maximum Gasteiger partial charge on any atom is 0.290 e. The van der Waals surface area contributed by atoms with E-state index in [1.165, 1.54) is 24.5 Å². The van der Waals surface area contributed by atoms with Crippen molar-refractivity contribution < 1.29 is 18.8 Å². The normalized spacial score (nSPS) is 15.9. The van der Waals surface area contributed by atoms with Crippen LogP contribution in [0.3, 0.4) is 0 Å². The molecule has 10 heteroatoms. The predicted octanol–water partition coefficient (Wildman–Crippen LogP) is 3.34. The van der Waals surface area contributed by atoms with E-state index in [4.69, 9.17) is 4.42 Å². The summed E-state index contributed by atoms with van der Waals surface area (Å²) < 4.78 is 5.18. The van der Waals surface area contributed by atoms with Crippen molar-refractivity contribution in [2.75, 3.05) is 11.9 Å². The molecule has 4 heterocycles. The largest absolute Gasteiger partial charge is 0.459 e. The van der Waals surface area contributed by atoms with Crippen molar-refractivity contribution in [2.24, 2.45) is 0 Å². The van der Waals surface area contributed by atoms with Gasteiger partial charge in [0.15, 0.2) is 10.9 Å². The SMILES string of the molecule is CC(=O)NCc1ccc(-c2csc(NC(=O)C3CCCN3C(=O)c3ccco3)n2)s1. The molecule has 8 nitrogen and oxygen atoms in total. The summed E-state index contributed by atoms with van der Waals surface area (Å²) in [6.07, 6.45) is 2.82. The number of furan rings is 1. The van der Waals surface area contributed by atoms with Crippen LogP contribution in [0.25, 0.3) is 10.6 Å². The fourth-order valence-electron chi connectivity index (χ4n) is 3.28. The molecule has 1 fully saturated rings. The average molecular weight is 445 g/mol. The number of aromatic nitrogens is 1. The van der Waals surface area contributed by atoms with Crippen LogP contribution in [0.1, 0.15) is 35.2 Å². The molecule has 0 spiro atoms. The van der Waals surface area contributed by atoms with Gasteiger partial charge < -0.3 is 20.0 Å². The second kappa shape index (κ2) is 8.80. The Bertz CT molecular complexity index is 1060. The number of hydrogen-bond donors (Lipinski definition) is 2. The monoisotopic (exact) mass is 444 g/mol. The number of likely N-dealkylation sites (tertiary alicyclic amines) is 1. The third-order valence-corrected chi connectivity index (χ3v) is 6.57. The summed E-state index contributed by atoms with van der Waals surface area (Å²) in [7, 11) is 0. The van der Waals surface area contributed by atoms with E-state index in [1.807, 2.05) is 17.5 Å². The quantitative estimate of drug-likeness (QED) is 0.607. The first kappa shape index (κ1) is 20.3. The van der Waals surface area contributed by atoms with Crippen LogP contribution in [0.2, 0.25) is 0 Å². The molecule has 4 rings (SSSR count). The molecule has 0 bridgehead atoms. The fourth-order valence-corrected chi connectivity index (χ4v) is 4.98. The highest BCUT2D eigenvalue weighted by molar-refractivity contribution is 7.17. The number of hydrogen-bond acceptors (Lipinski definition) is 7. The Balaban J connectivity index is 1.40. The van der Waals surface area contributed by atoms with Crippen molar-refractivity contribution in [3.8, 4) is 10.6 Å². The fraction of sp³-hybridized carbons (Fsp3) is 0.300. The number of anilines is 1. The van der Waals surface area contributed by atoms with E-state index in [2.05, 4.69) is 15.6 Å². The molecule has 0 radical (unpaired) electrons. The van der Waals surface area contributed by atoms with Crippen molar-refractivity contribution in [2.45, 2.75) is 32.4 Å². The summed E-state index contributed by atoms with van der Waals surface area (Å²) in [5, 5.41) is 7.98. The van der Waals surface area contributed by atoms with E-state index >= 15 is 0 Å². The molecular formula is C20H20N4O4S2. The summed E-state index contributed by atoms with van der Waals surface area (Å²) in [6, 6.07) is 6.61. The molecule has 30 heavy (non-hydrogen) atoms. The van der Waals surface area contributed by atoms with E-state index in [1.54, 1.807) is 28.4 Å². The van der Waals surface area contributed by atoms with Gasteiger partial charge in [-0.15, -0.1) is 22.7 Å². The lowest BCUT2D eigenvalue weighted by molar-refractivity contribution is -0.120. The Morgan fingerprint density at radius 2 is 2.17 bits per heavy atom. The molecule has 1 unspecified atom stereocenters. The third kappa shape index (κ3) is 4.44. The number of nitrogens with one attached hydrogen (secondary N) is 2. The van der Waals surface area contributed by atoms with Crippen LogP contribution in [0.4, 0.5) is 5.13 Å². The van der Waals surface area contributed by atoms with Crippen molar-refractivity contribution in [3.63, 3.8) is 0 Å². The zero-order valence-electron chi connectivity index (χ0n) is 16.2. The molecule has 156 valence electrons. The van der Waals surface area contributed by atoms with E-state index in [0.29, 0.717) is 24.6 Å². The summed E-state index contributed by atoms with van der Waals surface area (Å²) in [5.74, 6) is -0.359. The van der Waals surface area contributed by atoms with E-state index in [9.17, 15) is 14.4 Å². The number of rotatable bonds is 6. The number of amides is 3. The first-order valence-electron chi connectivity index (χ1n) is 9.45. The van der Waals surface area contributed by atoms with Gasteiger partial charge in [0.1, 0.15) is 6.04 Å². The lowest BCUT2D eigenvalue weighted by atomic mass is 10.2. The van der Waals surface area contributed by atoms with Crippen LogP contribution in [0.15, 0.2) is 40.3 Å². The maximum atomic E-state index is 12.8. The number of thiophene rings is 1. The van der Waals surface area contributed by atoms with Gasteiger partial charge in [-0.3, -0.25) is 14.4 Å². The van der Waals surface area contributed by atoms with Gasteiger partial charge in [0.25, 0.3) is 5.91 Å². The van der Waals surface area contributed by atoms with Crippen molar-refractivity contribution >= 4 is 45.5 Å². The van der Waals surface area contributed by atoms with Crippen molar-refractivity contribution in [1.29, 1.82) is 0 Å². The summed E-state index contributed by atoms with van der Waals surface area (Å²) in [5.41, 5.74) is 0.768. The first-order valence-corrected chi connectivity index (χ1v) is 11.2. The van der Waals surface area contributed by atoms with Gasteiger partial charge in [0.05, 0.1) is 23.4 Å². The van der Waals surface area contributed by atoms with E-state index in [-0.39, 0.29) is 23.5 Å². The minimum atomic E-state index is -0.541. The van der Waals surface area contributed by atoms with Gasteiger partial charge in [-0.1, -0.05) is 0 Å². The van der Waals surface area contributed by atoms with Crippen LogP contribution >= 0.6 is 22.7 Å². The average Bonchev–Trinajstić information content (AvgIpc) is 3.52. The van der Waals surface area contributed by atoms with Crippen LogP contribution in [-0.4, -0.2) is 40.2 Å². The summed E-state index contributed by atoms with van der Waals surface area (Å²) >= 11 is 2.88. The van der Waals surface area contributed by atoms with E-state index in [0.717, 1.165) is 21.9 Å². The minimum absolute atomic E-state index is 0.0740. The second-order valence-electron chi connectivity index (χ2n) is 6.84. The zero-order chi connectivity index (χ0) is 21.1. The van der Waals surface area contributed by atoms with Crippen LogP contribution in [0.5, 0.6) is 0 Å². The second-order valence-corrected chi connectivity index (χ2v) is 8.86. The lowest BCUT2D eigenvalue weighted by Crippen LogP contribution is -2.43. The molecule has 1 aliphatic heterocycles.